The van der Waals surface area contributed by atoms with Gasteiger partial charge in [-0.3, -0.25) is 14.4 Å². The van der Waals surface area contributed by atoms with Crippen LogP contribution in [0, 0.1) is 5.82 Å². The number of quaternary nitrogens is 1. The van der Waals surface area contributed by atoms with Crippen molar-refractivity contribution >= 4 is 23.5 Å². The van der Waals surface area contributed by atoms with Gasteiger partial charge in [0.1, 0.15) is 5.82 Å². The van der Waals surface area contributed by atoms with Gasteiger partial charge in [-0.1, -0.05) is 0 Å². The molecule has 2 rings (SSSR count). The van der Waals surface area contributed by atoms with E-state index in [4.69, 9.17) is 4.74 Å². The molecule has 0 bridgehead atoms. The third-order valence-electron chi connectivity index (χ3n) is 3.76. The summed E-state index contributed by atoms with van der Waals surface area (Å²) in [5.74, 6) is -1.21. The number of nitrogens with zero attached hydrogens (tertiary/aromatic N) is 1. The molecule has 1 aromatic carbocycles. The summed E-state index contributed by atoms with van der Waals surface area (Å²) in [4.78, 5) is 37.2. The maximum atomic E-state index is 12.8. The van der Waals surface area contributed by atoms with Crippen molar-refractivity contribution in [2.45, 2.75) is 6.92 Å². The van der Waals surface area contributed by atoms with Crippen molar-refractivity contribution < 1.29 is 28.4 Å². The lowest BCUT2D eigenvalue weighted by Gasteiger charge is -2.31. The number of benzene rings is 1. The first-order valence-electron chi connectivity index (χ1n) is 7.74. The number of nitrogens with one attached hydrogen (secondary N) is 2. The summed E-state index contributed by atoms with van der Waals surface area (Å²) in [5, 5.41) is 2.72. The molecule has 1 aromatic rings. The van der Waals surface area contributed by atoms with Gasteiger partial charge < -0.3 is 19.9 Å². The van der Waals surface area contributed by atoms with Crippen molar-refractivity contribution in [3.63, 3.8) is 0 Å². The van der Waals surface area contributed by atoms with Crippen molar-refractivity contribution in [1.82, 2.24) is 4.90 Å². The first-order chi connectivity index (χ1) is 11.4. The molecule has 1 saturated heterocycles. The van der Waals surface area contributed by atoms with E-state index in [1.54, 1.807) is 4.90 Å². The molecule has 0 atom stereocenters. The number of carbonyl (C=O) groups excluding carboxylic acids is 3. The van der Waals surface area contributed by atoms with E-state index < -0.39 is 5.97 Å². The van der Waals surface area contributed by atoms with Crippen LogP contribution in [0.25, 0.3) is 0 Å². The molecule has 1 aliphatic heterocycles. The van der Waals surface area contributed by atoms with Crippen LogP contribution in [-0.2, 0) is 19.1 Å². The Kier molecular flexibility index (Phi) is 6.25. The largest absolute Gasteiger partial charge is 0.456 e. The van der Waals surface area contributed by atoms with Crippen LogP contribution in [0.4, 0.5) is 10.1 Å². The number of hydrogen-bond acceptors (Lipinski definition) is 4. The summed E-state index contributed by atoms with van der Waals surface area (Å²) in [6.07, 6.45) is 0. The molecule has 2 N–H and O–H groups in total. The number of anilines is 1. The minimum absolute atomic E-state index is 0.156. The summed E-state index contributed by atoms with van der Waals surface area (Å²) in [7, 11) is 0. The van der Waals surface area contributed by atoms with Crippen LogP contribution in [0.2, 0.25) is 0 Å². The highest BCUT2D eigenvalue weighted by Gasteiger charge is 2.25. The van der Waals surface area contributed by atoms with Gasteiger partial charge in [-0.15, -0.1) is 0 Å². The lowest BCUT2D eigenvalue weighted by atomic mass is 10.3. The number of ether oxygens (including phenoxy) is 1. The average molecular weight is 338 g/mol. The summed E-state index contributed by atoms with van der Waals surface area (Å²) in [6.45, 7) is 3.61. The second-order valence-corrected chi connectivity index (χ2v) is 5.64. The highest BCUT2D eigenvalue weighted by molar-refractivity contribution is 5.91. The maximum Gasteiger partial charge on any atom is 0.303 e. The molecular weight excluding hydrogens is 317 g/mol. The van der Waals surface area contributed by atoms with E-state index in [1.165, 1.54) is 31.2 Å². The zero-order valence-corrected chi connectivity index (χ0v) is 13.5. The quantitative estimate of drug-likeness (QED) is 0.679. The topological polar surface area (TPSA) is 80.2 Å². The molecule has 0 unspecified atom stereocenters. The Labute approximate surface area is 139 Å². The van der Waals surface area contributed by atoms with Gasteiger partial charge in [0.2, 0.25) is 0 Å². The molecule has 0 spiro atoms. The predicted molar refractivity (Wildman–Crippen MR) is 83.8 cm³/mol. The average Bonchev–Trinajstić information content (AvgIpc) is 2.55. The van der Waals surface area contributed by atoms with Gasteiger partial charge in [0.25, 0.3) is 11.8 Å². The van der Waals surface area contributed by atoms with Crippen LogP contribution in [0.5, 0.6) is 0 Å². The highest BCUT2D eigenvalue weighted by Crippen LogP contribution is 2.07. The Morgan fingerprint density at radius 2 is 1.83 bits per heavy atom. The molecule has 8 heteroatoms. The Hall–Kier alpha value is -2.48. The van der Waals surface area contributed by atoms with Crippen molar-refractivity contribution in [1.29, 1.82) is 0 Å². The van der Waals surface area contributed by atoms with Gasteiger partial charge in [0, 0.05) is 12.6 Å². The van der Waals surface area contributed by atoms with Crippen LogP contribution >= 0.6 is 0 Å². The van der Waals surface area contributed by atoms with E-state index in [0.717, 1.165) is 4.90 Å². The minimum atomic E-state index is -0.481. The fourth-order valence-corrected chi connectivity index (χ4v) is 2.47. The Balaban J connectivity index is 1.72. The van der Waals surface area contributed by atoms with Crippen molar-refractivity contribution in [3.8, 4) is 0 Å². The van der Waals surface area contributed by atoms with E-state index in [9.17, 15) is 18.8 Å². The molecule has 0 saturated carbocycles. The fourth-order valence-electron chi connectivity index (χ4n) is 2.47. The summed E-state index contributed by atoms with van der Waals surface area (Å²) >= 11 is 0. The second kappa shape index (κ2) is 8.39. The molecule has 24 heavy (non-hydrogen) atoms. The van der Waals surface area contributed by atoms with Crippen LogP contribution in [0.1, 0.15) is 6.92 Å². The van der Waals surface area contributed by atoms with E-state index in [2.05, 4.69) is 5.32 Å². The summed E-state index contributed by atoms with van der Waals surface area (Å²) < 4.78 is 17.5. The van der Waals surface area contributed by atoms with Gasteiger partial charge in [-0.05, 0) is 24.3 Å². The van der Waals surface area contributed by atoms with E-state index in [1.807, 2.05) is 0 Å². The zero-order chi connectivity index (χ0) is 17.5. The third-order valence-corrected chi connectivity index (χ3v) is 3.76. The van der Waals surface area contributed by atoms with Crippen LogP contribution in [0.15, 0.2) is 24.3 Å². The van der Waals surface area contributed by atoms with Gasteiger partial charge in [-0.25, -0.2) is 4.39 Å². The van der Waals surface area contributed by atoms with E-state index >= 15 is 0 Å². The molecule has 0 radical (unpaired) electrons. The number of carbonyl (C=O) groups is 3. The van der Waals surface area contributed by atoms with Crippen molar-refractivity contribution in [2.24, 2.45) is 0 Å². The number of amides is 2. The van der Waals surface area contributed by atoms with Gasteiger partial charge in [0.15, 0.2) is 13.2 Å². The Bertz CT molecular complexity index is 598. The highest BCUT2D eigenvalue weighted by atomic mass is 19.1. The SMILES string of the molecule is CC(=O)OCC(=O)N1CC[NH+](CC(=O)Nc2ccc(F)cc2)CC1. The molecule has 130 valence electrons. The molecular formula is C16H21FN3O4+. The molecule has 0 aromatic heterocycles. The standard InChI is InChI=1S/C16H20FN3O4/c1-12(21)24-11-16(23)20-8-6-19(7-9-20)10-15(22)18-14-4-2-13(17)3-5-14/h2-5H,6-11H2,1H3,(H,18,22)/p+1. The summed E-state index contributed by atoms with van der Waals surface area (Å²) in [6, 6.07) is 5.59. The predicted octanol–water partition coefficient (Wildman–Crippen LogP) is -0.946. The number of hydrogen-bond donors (Lipinski definition) is 2. The monoisotopic (exact) mass is 338 g/mol. The maximum absolute atomic E-state index is 12.8. The van der Waals surface area contributed by atoms with Gasteiger partial charge in [0.05, 0.1) is 26.2 Å². The molecule has 1 aliphatic rings. The third kappa shape index (κ3) is 5.62. The molecule has 0 aliphatic carbocycles. The van der Waals surface area contributed by atoms with Crippen LogP contribution < -0.4 is 10.2 Å². The number of esters is 1. The Morgan fingerprint density at radius 3 is 2.42 bits per heavy atom. The van der Waals surface area contributed by atoms with Crippen LogP contribution in [0.3, 0.4) is 0 Å². The minimum Gasteiger partial charge on any atom is -0.456 e. The number of piperazine rings is 1. The van der Waals surface area contributed by atoms with E-state index in [0.29, 0.717) is 31.9 Å². The van der Waals surface area contributed by atoms with Crippen molar-refractivity contribution in [3.05, 3.63) is 30.1 Å². The zero-order valence-electron chi connectivity index (χ0n) is 13.5. The Morgan fingerprint density at radius 1 is 1.21 bits per heavy atom. The van der Waals surface area contributed by atoms with Gasteiger partial charge in [-0.2, -0.15) is 0 Å². The molecule has 2 amide bonds. The fraction of sp³-hybridized carbons (Fsp3) is 0.438. The van der Waals surface area contributed by atoms with Crippen LogP contribution in [-0.4, -0.2) is 62.0 Å². The normalized spacial score (nSPS) is 15.0. The lowest BCUT2D eigenvalue weighted by molar-refractivity contribution is -0.895. The number of halogens is 1. The smallest absolute Gasteiger partial charge is 0.303 e. The number of rotatable bonds is 5. The lowest BCUT2D eigenvalue weighted by Crippen LogP contribution is -3.15. The first kappa shape index (κ1) is 17.9. The molecule has 1 fully saturated rings. The van der Waals surface area contributed by atoms with Crippen molar-refractivity contribution in [2.75, 3.05) is 44.6 Å². The van der Waals surface area contributed by atoms with E-state index in [-0.39, 0.29) is 30.8 Å². The molecule has 1 heterocycles. The summed E-state index contributed by atoms with van der Waals surface area (Å²) in [5.41, 5.74) is 0.552. The first-order valence-corrected chi connectivity index (χ1v) is 7.74. The van der Waals surface area contributed by atoms with Gasteiger partial charge >= 0.3 is 5.97 Å². The second-order valence-electron chi connectivity index (χ2n) is 5.64. The molecule has 7 nitrogen and oxygen atoms in total.